The second-order valence-electron chi connectivity index (χ2n) is 6.36. The number of carbonyl (C=O) groups is 1. The van der Waals surface area contributed by atoms with Gasteiger partial charge in [0.05, 0.1) is 13.3 Å². The zero-order chi connectivity index (χ0) is 21.1. The minimum atomic E-state index is -0.422. The Morgan fingerprint density at radius 1 is 1.13 bits per heavy atom. The predicted octanol–water partition coefficient (Wildman–Crippen LogP) is 4.78. The molecule has 30 heavy (non-hydrogen) atoms. The van der Waals surface area contributed by atoms with E-state index < -0.39 is 5.91 Å². The molecule has 0 fully saturated rings. The standard InChI is InChI=1S/C22H18N4O2S2/c1-28-18-12-11-14-7-5-6-10-16(14)17(18)13-24-25-21(27)19-20(23)26(22(29)30-19)15-8-3-2-4-9-15/h2-13H,23H2,1H3,(H,25,27)/b24-13+. The number of hydrogen-bond acceptors (Lipinski definition) is 6. The van der Waals surface area contributed by atoms with Crippen molar-refractivity contribution in [2.45, 2.75) is 0 Å². The van der Waals surface area contributed by atoms with Crippen LogP contribution in [0.5, 0.6) is 5.75 Å². The number of para-hydroxylation sites is 1. The van der Waals surface area contributed by atoms with Gasteiger partial charge in [0.2, 0.25) is 0 Å². The molecule has 3 N–H and O–H groups in total. The molecule has 0 unspecified atom stereocenters. The molecule has 0 saturated heterocycles. The van der Waals surface area contributed by atoms with Crippen LogP contribution in [-0.4, -0.2) is 23.8 Å². The van der Waals surface area contributed by atoms with Crippen molar-refractivity contribution in [2.75, 3.05) is 12.8 Å². The number of ether oxygens (including phenoxy) is 1. The van der Waals surface area contributed by atoms with Gasteiger partial charge in [-0.2, -0.15) is 5.10 Å². The first-order chi connectivity index (χ1) is 14.6. The van der Waals surface area contributed by atoms with Gasteiger partial charge >= 0.3 is 0 Å². The third kappa shape index (κ3) is 3.70. The van der Waals surface area contributed by atoms with E-state index in [-0.39, 0.29) is 5.82 Å². The van der Waals surface area contributed by atoms with Crippen LogP contribution in [0, 0.1) is 3.95 Å². The predicted molar refractivity (Wildman–Crippen MR) is 124 cm³/mol. The van der Waals surface area contributed by atoms with Crippen molar-refractivity contribution < 1.29 is 9.53 Å². The molecule has 150 valence electrons. The number of hydrogen-bond donors (Lipinski definition) is 2. The van der Waals surface area contributed by atoms with Crippen molar-refractivity contribution in [1.29, 1.82) is 0 Å². The summed E-state index contributed by atoms with van der Waals surface area (Å²) in [5.74, 6) is 0.525. The molecule has 0 spiro atoms. The SMILES string of the molecule is COc1ccc2ccccc2c1/C=N/NC(=O)c1sc(=S)n(-c2ccccc2)c1N. The lowest BCUT2D eigenvalue weighted by Gasteiger charge is -2.08. The van der Waals surface area contributed by atoms with Gasteiger partial charge in [-0.1, -0.05) is 59.9 Å². The molecule has 0 aliphatic rings. The van der Waals surface area contributed by atoms with Gasteiger partial charge in [0.25, 0.3) is 5.91 Å². The number of benzene rings is 3. The fourth-order valence-corrected chi connectivity index (χ4v) is 4.42. The highest BCUT2D eigenvalue weighted by Gasteiger charge is 2.17. The Morgan fingerprint density at radius 2 is 1.87 bits per heavy atom. The maximum atomic E-state index is 12.7. The topological polar surface area (TPSA) is 81.6 Å². The van der Waals surface area contributed by atoms with Crippen molar-refractivity contribution in [3.63, 3.8) is 0 Å². The number of nitrogens with two attached hydrogens (primary N) is 1. The summed E-state index contributed by atoms with van der Waals surface area (Å²) < 4.78 is 7.61. The maximum Gasteiger partial charge on any atom is 0.285 e. The average molecular weight is 435 g/mol. The highest BCUT2D eigenvalue weighted by Crippen LogP contribution is 2.27. The van der Waals surface area contributed by atoms with E-state index in [1.54, 1.807) is 17.9 Å². The Hall–Kier alpha value is -3.49. The summed E-state index contributed by atoms with van der Waals surface area (Å²) >= 11 is 6.55. The Morgan fingerprint density at radius 3 is 2.63 bits per heavy atom. The normalized spacial score (nSPS) is 11.1. The largest absolute Gasteiger partial charge is 0.496 e. The van der Waals surface area contributed by atoms with Gasteiger partial charge in [0, 0.05) is 11.3 Å². The smallest absolute Gasteiger partial charge is 0.285 e. The molecule has 1 heterocycles. The first kappa shape index (κ1) is 19.8. The van der Waals surface area contributed by atoms with Crippen LogP contribution >= 0.6 is 23.6 Å². The van der Waals surface area contributed by atoms with Crippen molar-refractivity contribution in [3.8, 4) is 11.4 Å². The van der Waals surface area contributed by atoms with Crippen LogP contribution < -0.4 is 15.9 Å². The fourth-order valence-electron chi connectivity index (χ4n) is 3.16. The molecular formula is C22H18N4O2S2. The number of nitrogens with one attached hydrogen (secondary N) is 1. The molecular weight excluding hydrogens is 416 g/mol. The Labute approximate surface area is 182 Å². The Balaban J connectivity index is 1.62. The van der Waals surface area contributed by atoms with E-state index in [0.29, 0.717) is 14.6 Å². The molecule has 4 aromatic rings. The minimum Gasteiger partial charge on any atom is -0.496 e. The van der Waals surface area contributed by atoms with Gasteiger partial charge in [0.15, 0.2) is 3.95 Å². The summed E-state index contributed by atoms with van der Waals surface area (Å²) in [7, 11) is 1.60. The van der Waals surface area contributed by atoms with Crippen LogP contribution in [0.2, 0.25) is 0 Å². The van der Waals surface area contributed by atoms with Crippen molar-refractivity contribution in [1.82, 2.24) is 9.99 Å². The number of anilines is 1. The summed E-state index contributed by atoms with van der Waals surface area (Å²) in [6.07, 6.45) is 1.57. The van der Waals surface area contributed by atoms with Gasteiger partial charge in [-0.3, -0.25) is 9.36 Å². The Kier molecular flexibility index (Phi) is 5.60. The zero-order valence-corrected chi connectivity index (χ0v) is 17.7. The number of nitrogens with zero attached hydrogens (tertiary/aromatic N) is 2. The molecule has 6 nitrogen and oxygen atoms in total. The van der Waals surface area contributed by atoms with E-state index in [9.17, 15) is 4.79 Å². The molecule has 1 amide bonds. The van der Waals surface area contributed by atoms with E-state index in [1.807, 2.05) is 66.7 Å². The van der Waals surface area contributed by atoms with Gasteiger partial charge in [-0.05, 0) is 41.2 Å². The van der Waals surface area contributed by atoms with E-state index in [1.165, 1.54) is 0 Å². The number of fused-ring (bicyclic) bond motifs is 1. The number of hydrazone groups is 1. The summed E-state index contributed by atoms with van der Waals surface area (Å²) in [6.45, 7) is 0. The lowest BCUT2D eigenvalue weighted by molar-refractivity contribution is 0.0959. The summed E-state index contributed by atoms with van der Waals surface area (Å²) in [4.78, 5) is 13.0. The minimum absolute atomic E-state index is 0.284. The maximum absolute atomic E-state index is 12.7. The van der Waals surface area contributed by atoms with E-state index in [2.05, 4.69) is 10.5 Å². The van der Waals surface area contributed by atoms with Gasteiger partial charge in [-0.25, -0.2) is 5.43 Å². The van der Waals surface area contributed by atoms with E-state index >= 15 is 0 Å². The van der Waals surface area contributed by atoms with Crippen molar-refractivity contribution in [2.24, 2.45) is 5.10 Å². The molecule has 8 heteroatoms. The molecule has 0 radical (unpaired) electrons. The molecule has 0 saturated carbocycles. The first-order valence-corrected chi connectivity index (χ1v) is 10.3. The number of rotatable bonds is 5. The number of methoxy groups -OCH3 is 1. The number of amides is 1. The molecule has 0 bridgehead atoms. The summed E-state index contributed by atoms with van der Waals surface area (Å²) in [5, 5.41) is 6.15. The summed E-state index contributed by atoms with van der Waals surface area (Å²) in [5.41, 5.74) is 10.3. The molecule has 0 atom stereocenters. The van der Waals surface area contributed by atoms with Crippen LogP contribution in [-0.2, 0) is 0 Å². The first-order valence-electron chi connectivity index (χ1n) is 9.06. The van der Waals surface area contributed by atoms with Crippen LogP contribution in [0.25, 0.3) is 16.5 Å². The number of thiazole rings is 1. The van der Waals surface area contributed by atoms with Crippen LogP contribution in [0.1, 0.15) is 15.2 Å². The quantitative estimate of drug-likeness (QED) is 0.269. The highest BCUT2D eigenvalue weighted by molar-refractivity contribution is 7.73. The molecule has 0 aliphatic carbocycles. The monoisotopic (exact) mass is 434 g/mol. The van der Waals surface area contributed by atoms with Crippen LogP contribution in [0.4, 0.5) is 5.82 Å². The fraction of sp³-hybridized carbons (Fsp3) is 0.0455. The molecule has 1 aromatic heterocycles. The third-order valence-corrected chi connectivity index (χ3v) is 5.96. The second kappa shape index (κ2) is 8.48. The number of aromatic nitrogens is 1. The lowest BCUT2D eigenvalue weighted by atomic mass is 10.0. The van der Waals surface area contributed by atoms with Gasteiger partial charge < -0.3 is 10.5 Å². The van der Waals surface area contributed by atoms with Crippen LogP contribution in [0.15, 0.2) is 71.8 Å². The third-order valence-electron chi connectivity index (χ3n) is 4.58. The molecule has 0 aliphatic heterocycles. The summed E-state index contributed by atoms with van der Waals surface area (Å²) in [6, 6.07) is 21.2. The molecule has 3 aromatic carbocycles. The number of nitrogen functional groups attached to an aromatic ring is 1. The van der Waals surface area contributed by atoms with Crippen molar-refractivity contribution >= 4 is 52.3 Å². The Bertz CT molecular complexity index is 1310. The average Bonchev–Trinajstić information content (AvgIpc) is 3.08. The van der Waals surface area contributed by atoms with E-state index in [4.69, 9.17) is 22.7 Å². The lowest BCUT2D eigenvalue weighted by Crippen LogP contribution is -2.18. The van der Waals surface area contributed by atoms with Crippen molar-refractivity contribution in [3.05, 3.63) is 81.1 Å². The number of carbonyl (C=O) groups excluding carboxylic acids is 1. The highest BCUT2D eigenvalue weighted by atomic mass is 32.1. The van der Waals surface area contributed by atoms with Gasteiger partial charge in [0.1, 0.15) is 16.4 Å². The van der Waals surface area contributed by atoms with E-state index in [0.717, 1.165) is 33.4 Å². The zero-order valence-electron chi connectivity index (χ0n) is 16.0. The second-order valence-corrected chi connectivity index (χ2v) is 8.00. The van der Waals surface area contributed by atoms with Gasteiger partial charge in [-0.15, -0.1) is 0 Å². The molecule has 4 rings (SSSR count). The van der Waals surface area contributed by atoms with Crippen LogP contribution in [0.3, 0.4) is 0 Å².